The maximum atomic E-state index is 5.16. The van der Waals surface area contributed by atoms with Gasteiger partial charge in [0.15, 0.2) is 5.65 Å². The SMILES string of the molecule is C=C/C=C\C(=C/C)Nc1cc(-c2ccoc2)nc2c(Br)cnn12. The van der Waals surface area contributed by atoms with E-state index in [4.69, 9.17) is 4.42 Å². The third kappa shape index (κ3) is 3.12. The molecule has 0 unspecified atom stereocenters. The number of rotatable bonds is 5. The number of allylic oxidation sites excluding steroid dienone is 4. The van der Waals surface area contributed by atoms with Crippen LogP contribution in [-0.4, -0.2) is 14.6 Å². The first kappa shape index (κ1) is 15.3. The number of halogens is 1. The Morgan fingerprint density at radius 2 is 2.35 bits per heavy atom. The number of furan rings is 1. The highest BCUT2D eigenvalue weighted by molar-refractivity contribution is 9.10. The lowest BCUT2D eigenvalue weighted by atomic mass is 10.2. The number of nitrogens with zero attached hydrogens (tertiary/aromatic N) is 3. The molecule has 0 saturated carbocycles. The monoisotopic (exact) mass is 370 g/mol. The van der Waals surface area contributed by atoms with Crippen LogP contribution in [0.4, 0.5) is 5.82 Å². The molecule has 0 spiro atoms. The second kappa shape index (κ2) is 6.66. The molecule has 3 rings (SSSR count). The van der Waals surface area contributed by atoms with Crippen LogP contribution in [0.2, 0.25) is 0 Å². The van der Waals surface area contributed by atoms with Crippen molar-refractivity contribution in [2.24, 2.45) is 0 Å². The first-order valence-electron chi connectivity index (χ1n) is 7.02. The first-order chi connectivity index (χ1) is 11.2. The molecule has 0 amide bonds. The Kier molecular flexibility index (Phi) is 4.43. The standard InChI is InChI=1S/C17H15BrN4O/c1-3-5-6-13(4-2)20-16-9-15(12-7-8-23-11-12)21-17-14(18)10-19-22(16)17/h3-11,20H,1H2,2H3/b6-5-,13-4+. The van der Waals surface area contributed by atoms with Gasteiger partial charge in [-0.1, -0.05) is 24.8 Å². The molecule has 0 atom stereocenters. The lowest BCUT2D eigenvalue weighted by Gasteiger charge is -2.10. The molecule has 3 heterocycles. The van der Waals surface area contributed by atoms with Crippen molar-refractivity contribution in [3.05, 3.63) is 71.9 Å². The smallest absolute Gasteiger partial charge is 0.172 e. The van der Waals surface area contributed by atoms with E-state index < -0.39 is 0 Å². The van der Waals surface area contributed by atoms with Crippen LogP contribution in [0.25, 0.3) is 16.9 Å². The molecule has 0 saturated heterocycles. The van der Waals surface area contributed by atoms with E-state index in [1.807, 2.05) is 37.3 Å². The molecule has 0 fully saturated rings. The van der Waals surface area contributed by atoms with Crippen molar-refractivity contribution in [2.45, 2.75) is 6.92 Å². The highest BCUT2D eigenvalue weighted by Gasteiger charge is 2.12. The van der Waals surface area contributed by atoms with Gasteiger partial charge >= 0.3 is 0 Å². The fraction of sp³-hybridized carbons (Fsp3) is 0.0588. The summed E-state index contributed by atoms with van der Waals surface area (Å²) < 4.78 is 7.74. The second-order valence-electron chi connectivity index (χ2n) is 4.73. The highest BCUT2D eigenvalue weighted by Crippen LogP contribution is 2.26. The lowest BCUT2D eigenvalue weighted by molar-refractivity contribution is 0.568. The minimum absolute atomic E-state index is 0.731. The molecule has 0 aliphatic carbocycles. The topological polar surface area (TPSA) is 55.4 Å². The molecule has 6 heteroatoms. The van der Waals surface area contributed by atoms with E-state index in [2.05, 4.69) is 37.9 Å². The van der Waals surface area contributed by atoms with Crippen molar-refractivity contribution >= 4 is 27.4 Å². The third-order valence-electron chi connectivity index (χ3n) is 3.24. The number of fused-ring (bicyclic) bond motifs is 1. The lowest BCUT2D eigenvalue weighted by Crippen LogP contribution is -2.05. The molecule has 116 valence electrons. The minimum atomic E-state index is 0.731. The number of nitrogens with one attached hydrogen (secondary N) is 1. The largest absolute Gasteiger partial charge is 0.472 e. The zero-order valence-corrected chi connectivity index (χ0v) is 14.1. The van der Waals surface area contributed by atoms with Crippen molar-refractivity contribution in [3.8, 4) is 11.3 Å². The van der Waals surface area contributed by atoms with Crippen LogP contribution in [0.5, 0.6) is 0 Å². The van der Waals surface area contributed by atoms with Gasteiger partial charge in [-0.15, -0.1) is 0 Å². The summed E-state index contributed by atoms with van der Waals surface area (Å²) in [5.74, 6) is 0.804. The van der Waals surface area contributed by atoms with Gasteiger partial charge in [-0.05, 0) is 35.0 Å². The van der Waals surface area contributed by atoms with Gasteiger partial charge in [0.25, 0.3) is 0 Å². The van der Waals surface area contributed by atoms with E-state index in [1.165, 1.54) is 0 Å². The maximum absolute atomic E-state index is 5.16. The third-order valence-corrected chi connectivity index (χ3v) is 3.80. The Morgan fingerprint density at radius 3 is 3.04 bits per heavy atom. The van der Waals surface area contributed by atoms with Crippen LogP contribution < -0.4 is 5.32 Å². The molecule has 23 heavy (non-hydrogen) atoms. The fourth-order valence-corrected chi connectivity index (χ4v) is 2.46. The van der Waals surface area contributed by atoms with E-state index in [0.29, 0.717) is 0 Å². The first-order valence-corrected chi connectivity index (χ1v) is 7.81. The highest BCUT2D eigenvalue weighted by atomic mass is 79.9. The van der Waals surface area contributed by atoms with Gasteiger partial charge in [0.2, 0.25) is 0 Å². The van der Waals surface area contributed by atoms with Crippen LogP contribution in [0.1, 0.15) is 6.92 Å². The van der Waals surface area contributed by atoms with Crippen LogP contribution >= 0.6 is 15.9 Å². The Morgan fingerprint density at radius 1 is 1.48 bits per heavy atom. The summed E-state index contributed by atoms with van der Waals surface area (Å²) in [4.78, 5) is 4.63. The molecule has 0 aliphatic rings. The summed E-state index contributed by atoms with van der Waals surface area (Å²) in [7, 11) is 0. The van der Waals surface area contributed by atoms with Gasteiger partial charge in [-0.2, -0.15) is 9.61 Å². The summed E-state index contributed by atoms with van der Waals surface area (Å²) >= 11 is 3.48. The molecular weight excluding hydrogens is 356 g/mol. The minimum Gasteiger partial charge on any atom is -0.472 e. The molecule has 3 aromatic heterocycles. The van der Waals surface area contributed by atoms with Crippen LogP contribution in [0.15, 0.2) is 76.3 Å². The zero-order valence-electron chi connectivity index (χ0n) is 12.5. The summed E-state index contributed by atoms with van der Waals surface area (Å²) in [6.45, 7) is 5.65. The molecule has 0 bridgehead atoms. The molecule has 0 radical (unpaired) electrons. The predicted molar refractivity (Wildman–Crippen MR) is 95.1 cm³/mol. The fourth-order valence-electron chi connectivity index (χ4n) is 2.11. The Labute approximate surface area is 142 Å². The second-order valence-corrected chi connectivity index (χ2v) is 5.58. The molecule has 3 aromatic rings. The van der Waals surface area contributed by atoms with Crippen LogP contribution in [0, 0.1) is 0 Å². The number of hydrogen-bond donors (Lipinski definition) is 1. The van der Waals surface area contributed by atoms with E-state index >= 15 is 0 Å². The van der Waals surface area contributed by atoms with Gasteiger partial charge in [-0.25, -0.2) is 4.98 Å². The molecule has 0 aromatic carbocycles. The predicted octanol–water partition coefficient (Wildman–Crippen LogP) is 4.81. The molecule has 0 aliphatic heterocycles. The average molecular weight is 371 g/mol. The maximum Gasteiger partial charge on any atom is 0.172 e. The summed E-state index contributed by atoms with van der Waals surface area (Å²) in [5.41, 5.74) is 3.38. The average Bonchev–Trinajstić information content (AvgIpc) is 3.22. The number of anilines is 1. The molecule has 5 nitrogen and oxygen atoms in total. The van der Waals surface area contributed by atoms with Crippen LogP contribution in [-0.2, 0) is 0 Å². The van der Waals surface area contributed by atoms with E-state index in [1.54, 1.807) is 29.3 Å². The zero-order chi connectivity index (χ0) is 16.2. The summed E-state index contributed by atoms with van der Waals surface area (Å²) in [6.07, 6.45) is 12.5. The van der Waals surface area contributed by atoms with E-state index in [-0.39, 0.29) is 0 Å². The van der Waals surface area contributed by atoms with Crippen molar-refractivity contribution in [3.63, 3.8) is 0 Å². The van der Waals surface area contributed by atoms with Gasteiger partial charge in [0.1, 0.15) is 5.82 Å². The van der Waals surface area contributed by atoms with Gasteiger partial charge in [0.05, 0.1) is 28.9 Å². The molecule has 1 N–H and O–H groups in total. The van der Waals surface area contributed by atoms with E-state index in [9.17, 15) is 0 Å². The quantitative estimate of drug-likeness (QED) is 0.654. The van der Waals surface area contributed by atoms with Crippen molar-refractivity contribution in [1.82, 2.24) is 14.6 Å². The van der Waals surface area contributed by atoms with Gasteiger partial charge in [-0.3, -0.25) is 0 Å². The molecular formula is C17H15BrN4O. The Bertz CT molecular complexity index is 891. The normalized spacial score (nSPS) is 12.2. The van der Waals surface area contributed by atoms with Gasteiger partial charge in [0, 0.05) is 17.3 Å². The van der Waals surface area contributed by atoms with Gasteiger partial charge < -0.3 is 9.73 Å². The summed E-state index contributed by atoms with van der Waals surface area (Å²) in [6, 6.07) is 3.81. The number of aromatic nitrogens is 3. The number of hydrogen-bond acceptors (Lipinski definition) is 4. The van der Waals surface area contributed by atoms with Crippen molar-refractivity contribution in [2.75, 3.05) is 5.32 Å². The van der Waals surface area contributed by atoms with Crippen molar-refractivity contribution < 1.29 is 4.42 Å². The Balaban J connectivity index is 2.11. The Hall–Kier alpha value is -2.60. The van der Waals surface area contributed by atoms with E-state index in [0.717, 1.165) is 32.9 Å². The van der Waals surface area contributed by atoms with Crippen molar-refractivity contribution in [1.29, 1.82) is 0 Å². The van der Waals surface area contributed by atoms with Crippen LogP contribution in [0.3, 0.4) is 0 Å². The summed E-state index contributed by atoms with van der Waals surface area (Å²) in [5, 5.41) is 7.72.